The third-order valence-electron chi connectivity index (χ3n) is 8.00. The molecule has 1 fully saturated rings. The van der Waals surface area contributed by atoms with Gasteiger partial charge < -0.3 is 9.80 Å². The zero-order valence-corrected chi connectivity index (χ0v) is 24.9. The van der Waals surface area contributed by atoms with Gasteiger partial charge in [-0.3, -0.25) is 14.5 Å². The molecule has 1 aliphatic rings. The molecule has 5 rings (SSSR count). The number of hydrogen-bond acceptors (Lipinski definition) is 3. The van der Waals surface area contributed by atoms with Crippen molar-refractivity contribution < 1.29 is 22.8 Å². The van der Waals surface area contributed by atoms with Crippen LogP contribution in [-0.4, -0.2) is 58.7 Å². The molecule has 0 bridgehead atoms. The van der Waals surface area contributed by atoms with Crippen LogP contribution in [-0.2, 0) is 35.3 Å². The third-order valence-corrected chi connectivity index (χ3v) is 8.00. The van der Waals surface area contributed by atoms with Gasteiger partial charge in [-0.15, -0.1) is 0 Å². The summed E-state index contributed by atoms with van der Waals surface area (Å²) in [5.41, 5.74) is 2.72. The molecule has 1 atom stereocenters. The highest BCUT2D eigenvalue weighted by Gasteiger charge is 2.34. The Morgan fingerprint density at radius 1 is 0.711 bits per heavy atom. The molecule has 0 N–H and O–H groups in total. The van der Waals surface area contributed by atoms with Crippen LogP contribution in [0, 0.1) is 0 Å². The molecule has 0 radical (unpaired) electrons. The second-order valence-electron chi connectivity index (χ2n) is 11.2. The van der Waals surface area contributed by atoms with Gasteiger partial charge in [0.1, 0.15) is 6.04 Å². The Labute approximate surface area is 262 Å². The van der Waals surface area contributed by atoms with Crippen molar-refractivity contribution in [1.29, 1.82) is 0 Å². The third kappa shape index (κ3) is 8.92. The van der Waals surface area contributed by atoms with Gasteiger partial charge >= 0.3 is 6.18 Å². The first-order valence-electron chi connectivity index (χ1n) is 15.0. The summed E-state index contributed by atoms with van der Waals surface area (Å²) in [6.07, 6.45) is -1.28. The predicted molar refractivity (Wildman–Crippen MR) is 170 cm³/mol. The number of alkyl halides is 3. The molecule has 1 unspecified atom stereocenters. The average Bonchev–Trinajstić information content (AvgIpc) is 3.06. The molecule has 0 aromatic heterocycles. The van der Waals surface area contributed by atoms with E-state index in [4.69, 9.17) is 0 Å². The summed E-state index contributed by atoms with van der Waals surface area (Å²) in [7, 11) is 0. The summed E-state index contributed by atoms with van der Waals surface area (Å²) in [5, 5.41) is 0. The van der Waals surface area contributed by atoms with Gasteiger partial charge in [-0.05, 0) is 40.5 Å². The van der Waals surface area contributed by atoms with Crippen molar-refractivity contribution in [2.75, 3.05) is 26.2 Å². The van der Waals surface area contributed by atoms with Crippen molar-refractivity contribution in [3.8, 4) is 0 Å². The first-order valence-corrected chi connectivity index (χ1v) is 15.0. The SMILES string of the molecule is O=C(C(Cc1ccccc1)N(Cc1ccccc1)C(=O)C=Cc1ccc(C(F)(F)F)cc1)N1CCN(Cc2ccccc2)CC1. The first-order chi connectivity index (χ1) is 21.8. The molecule has 1 aliphatic heterocycles. The highest BCUT2D eigenvalue weighted by atomic mass is 19.4. The molecule has 4 aromatic rings. The van der Waals surface area contributed by atoms with Gasteiger partial charge in [0.05, 0.1) is 5.56 Å². The van der Waals surface area contributed by atoms with Gasteiger partial charge in [0, 0.05) is 51.8 Å². The number of carbonyl (C=O) groups excluding carboxylic acids is 2. The maximum atomic E-state index is 14.3. The Morgan fingerprint density at radius 3 is 1.80 bits per heavy atom. The van der Waals surface area contributed by atoms with E-state index in [9.17, 15) is 22.8 Å². The highest BCUT2D eigenvalue weighted by molar-refractivity contribution is 5.95. The lowest BCUT2D eigenvalue weighted by molar-refractivity contribution is -0.145. The van der Waals surface area contributed by atoms with E-state index in [0.29, 0.717) is 25.1 Å². The van der Waals surface area contributed by atoms with Crippen LogP contribution < -0.4 is 0 Å². The Hall–Kier alpha value is -4.69. The second-order valence-corrected chi connectivity index (χ2v) is 11.2. The van der Waals surface area contributed by atoms with Gasteiger partial charge in [0.15, 0.2) is 0 Å². The lowest BCUT2D eigenvalue weighted by Crippen LogP contribution is -2.56. The van der Waals surface area contributed by atoms with Gasteiger partial charge in [0.2, 0.25) is 11.8 Å². The number of halogens is 3. The molecule has 0 aliphatic carbocycles. The molecule has 4 aromatic carbocycles. The normalized spacial score (nSPS) is 14.8. The fourth-order valence-corrected chi connectivity index (χ4v) is 5.52. The van der Waals surface area contributed by atoms with Crippen LogP contribution in [0.15, 0.2) is 121 Å². The monoisotopic (exact) mass is 611 g/mol. The zero-order chi connectivity index (χ0) is 31.6. The molecule has 5 nitrogen and oxygen atoms in total. The minimum atomic E-state index is -4.44. The fraction of sp³-hybridized carbons (Fsp3) is 0.243. The van der Waals surface area contributed by atoms with Crippen LogP contribution in [0.4, 0.5) is 13.2 Å². The summed E-state index contributed by atoms with van der Waals surface area (Å²) >= 11 is 0. The molecule has 1 saturated heterocycles. The summed E-state index contributed by atoms with van der Waals surface area (Å²) in [5.74, 6) is -0.513. The number of nitrogens with zero attached hydrogens (tertiary/aromatic N) is 3. The standard InChI is InChI=1S/C37H36F3N3O2/c38-37(39,40)33-19-16-29(17-20-33)18-21-35(44)43(28-32-14-8-3-9-15-32)34(26-30-10-4-1-5-11-30)36(45)42-24-22-41(23-25-42)27-31-12-6-2-7-13-31/h1-21,34H,22-28H2. The van der Waals surface area contributed by atoms with Gasteiger partial charge in [-0.2, -0.15) is 13.2 Å². The molecule has 8 heteroatoms. The molecular weight excluding hydrogens is 575 g/mol. The maximum Gasteiger partial charge on any atom is 0.416 e. The minimum Gasteiger partial charge on any atom is -0.338 e. The zero-order valence-electron chi connectivity index (χ0n) is 24.9. The van der Waals surface area contributed by atoms with Crippen molar-refractivity contribution in [3.63, 3.8) is 0 Å². The maximum absolute atomic E-state index is 14.3. The van der Waals surface area contributed by atoms with E-state index in [2.05, 4.69) is 17.0 Å². The number of benzene rings is 4. The fourth-order valence-electron chi connectivity index (χ4n) is 5.52. The first kappa shape index (κ1) is 31.7. The van der Waals surface area contributed by atoms with Gasteiger partial charge in [-0.25, -0.2) is 0 Å². The smallest absolute Gasteiger partial charge is 0.338 e. The number of piperazine rings is 1. The topological polar surface area (TPSA) is 43.9 Å². The van der Waals surface area contributed by atoms with Crippen LogP contribution >= 0.6 is 0 Å². The van der Waals surface area contributed by atoms with E-state index in [-0.39, 0.29) is 12.5 Å². The van der Waals surface area contributed by atoms with Crippen LogP contribution in [0.2, 0.25) is 0 Å². The molecule has 1 heterocycles. The molecule has 45 heavy (non-hydrogen) atoms. The second kappa shape index (κ2) is 14.9. The van der Waals surface area contributed by atoms with Crippen molar-refractivity contribution >= 4 is 17.9 Å². The molecule has 2 amide bonds. The Morgan fingerprint density at radius 2 is 1.24 bits per heavy atom. The number of rotatable bonds is 10. The van der Waals surface area contributed by atoms with Crippen LogP contribution in [0.5, 0.6) is 0 Å². The largest absolute Gasteiger partial charge is 0.416 e. The average molecular weight is 612 g/mol. The number of amides is 2. The van der Waals surface area contributed by atoms with E-state index in [1.807, 2.05) is 83.8 Å². The molecular formula is C37H36F3N3O2. The van der Waals surface area contributed by atoms with E-state index in [0.717, 1.165) is 42.9 Å². The van der Waals surface area contributed by atoms with E-state index >= 15 is 0 Å². The quantitative estimate of drug-likeness (QED) is 0.188. The highest BCUT2D eigenvalue weighted by Crippen LogP contribution is 2.29. The summed E-state index contributed by atoms with van der Waals surface area (Å²) < 4.78 is 39.1. The summed E-state index contributed by atoms with van der Waals surface area (Å²) in [6, 6.07) is 33.2. The van der Waals surface area contributed by atoms with Crippen molar-refractivity contribution in [3.05, 3.63) is 149 Å². The van der Waals surface area contributed by atoms with E-state index < -0.39 is 23.7 Å². The van der Waals surface area contributed by atoms with Crippen molar-refractivity contribution in [2.45, 2.75) is 31.7 Å². The Bertz CT molecular complexity index is 1550. The van der Waals surface area contributed by atoms with Crippen molar-refractivity contribution in [1.82, 2.24) is 14.7 Å². The number of hydrogen-bond donors (Lipinski definition) is 0. The van der Waals surface area contributed by atoms with Crippen LogP contribution in [0.1, 0.15) is 27.8 Å². The molecule has 232 valence electrons. The summed E-state index contributed by atoms with van der Waals surface area (Å²) in [6.45, 7) is 3.55. The van der Waals surface area contributed by atoms with Crippen molar-refractivity contribution in [2.24, 2.45) is 0 Å². The van der Waals surface area contributed by atoms with Crippen LogP contribution in [0.3, 0.4) is 0 Å². The summed E-state index contributed by atoms with van der Waals surface area (Å²) in [4.78, 5) is 34.0. The molecule has 0 saturated carbocycles. The van der Waals surface area contributed by atoms with Gasteiger partial charge in [0.25, 0.3) is 0 Å². The Balaban J connectivity index is 1.39. The number of carbonyl (C=O) groups is 2. The minimum absolute atomic E-state index is 0.120. The molecule has 0 spiro atoms. The van der Waals surface area contributed by atoms with E-state index in [1.54, 1.807) is 4.90 Å². The predicted octanol–water partition coefficient (Wildman–Crippen LogP) is 6.70. The van der Waals surface area contributed by atoms with E-state index in [1.165, 1.54) is 29.8 Å². The lowest BCUT2D eigenvalue weighted by Gasteiger charge is -2.39. The Kier molecular flexibility index (Phi) is 10.5. The van der Waals surface area contributed by atoms with Crippen LogP contribution in [0.25, 0.3) is 6.08 Å². The van der Waals surface area contributed by atoms with Gasteiger partial charge in [-0.1, -0.05) is 103 Å². The lowest BCUT2D eigenvalue weighted by atomic mass is 10.0.